The first kappa shape index (κ1) is 22.4. The Bertz CT molecular complexity index is 916. The molecule has 2 heterocycles. The van der Waals surface area contributed by atoms with E-state index in [2.05, 4.69) is 48.5 Å². The topological polar surface area (TPSA) is 67.1 Å². The van der Waals surface area contributed by atoms with Crippen LogP contribution in [0.2, 0.25) is 0 Å². The summed E-state index contributed by atoms with van der Waals surface area (Å²) < 4.78 is 1.99. The fourth-order valence-corrected chi connectivity index (χ4v) is 3.59. The van der Waals surface area contributed by atoms with Gasteiger partial charge in [-0.05, 0) is 39.8 Å². The molecule has 8 heteroatoms. The fraction of sp³-hybridized carbons (Fsp3) is 0.350. The molecule has 3 aromatic rings. The molecule has 2 N–H and O–H groups in total. The minimum atomic E-state index is 0. The van der Waals surface area contributed by atoms with E-state index in [-0.39, 0.29) is 24.0 Å². The molecule has 28 heavy (non-hydrogen) atoms. The zero-order valence-corrected chi connectivity index (χ0v) is 19.8. The second-order valence-corrected chi connectivity index (χ2v) is 7.63. The Hall–Kier alpha value is -1.94. The lowest BCUT2D eigenvalue weighted by atomic mass is 10.2. The lowest BCUT2D eigenvalue weighted by Crippen LogP contribution is -2.36. The zero-order valence-electron chi connectivity index (χ0n) is 16.7. The summed E-state index contributed by atoms with van der Waals surface area (Å²) in [6.07, 6.45) is 1.90. The van der Waals surface area contributed by atoms with Gasteiger partial charge in [0.2, 0.25) is 0 Å². The molecule has 2 aromatic heterocycles. The number of para-hydroxylation sites is 1. The molecule has 0 aliphatic heterocycles. The highest BCUT2D eigenvalue weighted by Gasteiger charge is 2.12. The summed E-state index contributed by atoms with van der Waals surface area (Å²) in [5, 5.41) is 12.4. The molecular weight excluding hydrogens is 483 g/mol. The third kappa shape index (κ3) is 5.54. The Kier molecular flexibility index (Phi) is 8.43. The number of nitrogens with one attached hydrogen (secondary N) is 2. The largest absolute Gasteiger partial charge is 0.357 e. The van der Waals surface area contributed by atoms with E-state index in [0.29, 0.717) is 13.1 Å². The standard InChI is InChI=1S/C20H26N6S.HI/c1-5-21-20(24-13-19-22-11-14(2)27-19)23-12-18-15(3)25-26(16(18)4)17-9-7-6-8-10-17;/h6-11H,5,12-13H2,1-4H3,(H2,21,23,24);1H. The number of hydrogen-bond donors (Lipinski definition) is 2. The van der Waals surface area contributed by atoms with Crippen molar-refractivity contribution < 1.29 is 0 Å². The summed E-state index contributed by atoms with van der Waals surface area (Å²) in [7, 11) is 0. The van der Waals surface area contributed by atoms with Crippen molar-refractivity contribution in [2.24, 2.45) is 4.99 Å². The first-order valence-electron chi connectivity index (χ1n) is 9.12. The van der Waals surface area contributed by atoms with Gasteiger partial charge in [-0.2, -0.15) is 5.10 Å². The molecule has 0 unspecified atom stereocenters. The number of aliphatic imine (C=N–C) groups is 1. The predicted octanol–water partition coefficient (Wildman–Crippen LogP) is 4.13. The van der Waals surface area contributed by atoms with Gasteiger partial charge >= 0.3 is 0 Å². The van der Waals surface area contributed by atoms with Gasteiger partial charge in [-0.3, -0.25) is 0 Å². The van der Waals surface area contributed by atoms with Gasteiger partial charge in [0.15, 0.2) is 5.96 Å². The Morgan fingerprint density at radius 2 is 1.89 bits per heavy atom. The molecule has 0 radical (unpaired) electrons. The maximum atomic E-state index is 4.75. The number of aryl methyl sites for hydroxylation is 2. The third-order valence-corrected chi connectivity index (χ3v) is 5.17. The predicted molar refractivity (Wildman–Crippen MR) is 127 cm³/mol. The molecule has 0 aliphatic rings. The summed E-state index contributed by atoms with van der Waals surface area (Å²) >= 11 is 1.70. The number of thiazole rings is 1. The van der Waals surface area contributed by atoms with Gasteiger partial charge in [0, 0.05) is 28.9 Å². The van der Waals surface area contributed by atoms with Crippen LogP contribution in [0.5, 0.6) is 0 Å². The lowest BCUT2D eigenvalue weighted by Gasteiger charge is -2.10. The van der Waals surface area contributed by atoms with Crippen molar-refractivity contribution in [2.45, 2.75) is 40.8 Å². The Morgan fingerprint density at radius 1 is 1.14 bits per heavy atom. The lowest BCUT2D eigenvalue weighted by molar-refractivity contribution is 0.809. The number of benzene rings is 1. The third-order valence-electron chi connectivity index (χ3n) is 4.26. The Balaban J connectivity index is 0.00000280. The van der Waals surface area contributed by atoms with Crippen molar-refractivity contribution in [3.8, 4) is 5.69 Å². The van der Waals surface area contributed by atoms with Crippen LogP contribution in [0.15, 0.2) is 41.5 Å². The molecule has 0 spiro atoms. The van der Waals surface area contributed by atoms with Crippen LogP contribution >= 0.6 is 35.3 Å². The minimum Gasteiger partial charge on any atom is -0.357 e. The minimum absolute atomic E-state index is 0. The summed E-state index contributed by atoms with van der Waals surface area (Å²) in [5.41, 5.74) is 4.35. The molecule has 0 amide bonds. The van der Waals surface area contributed by atoms with Crippen LogP contribution in [-0.4, -0.2) is 27.3 Å². The van der Waals surface area contributed by atoms with Gasteiger partial charge in [0.25, 0.3) is 0 Å². The highest BCUT2D eigenvalue weighted by atomic mass is 127. The molecule has 0 atom stereocenters. The first-order chi connectivity index (χ1) is 13.1. The van der Waals surface area contributed by atoms with Crippen LogP contribution in [0, 0.1) is 20.8 Å². The number of hydrogen-bond acceptors (Lipinski definition) is 4. The van der Waals surface area contributed by atoms with E-state index < -0.39 is 0 Å². The Morgan fingerprint density at radius 3 is 2.54 bits per heavy atom. The average molecular weight is 510 g/mol. The average Bonchev–Trinajstić information content (AvgIpc) is 3.21. The van der Waals surface area contributed by atoms with E-state index >= 15 is 0 Å². The monoisotopic (exact) mass is 510 g/mol. The molecule has 150 valence electrons. The molecule has 0 fully saturated rings. The molecule has 0 saturated carbocycles. The van der Waals surface area contributed by atoms with Crippen molar-refractivity contribution in [1.82, 2.24) is 25.4 Å². The van der Waals surface area contributed by atoms with E-state index in [1.165, 1.54) is 4.88 Å². The summed E-state index contributed by atoms with van der Waals surface area (Å²) in [4.78, 5) is 10.4. The van der Waals surface area contributed by atoms with Gasteiger partial charge in [-0.1, -0.05) is 18.2 Å². The maximum Gasteiger partial charge on any atom is 0.191 e. The van der Waals surface area contributed by atoms with Crippen LogP contribution < -0.4 is 10.6 Å². The number of halogens is 1. The van der Waals surface area contributed by atoms with Gasteiger partial charge < -0.3 is 10.6 Å². The maximum absolute atomic E-state index is 4.75. The summed E-state index contributed by atoms with van der Waals surface area (Å²) in [6, 6.07) is 10.2. The number of nitrogens with zero attached hydrogens (tertiary/aromatic N) is 4. The highest BCUT2D eigenvalue weighted by molar-refractivity contribution is 14.0. The molecule has 3 rings (SSSR count). The molecular formula is C20H27IN6S. The zero-order chi connectivity index (χ0) is 19.2. The highest BCUT2D eigenvalue weighted by Crippen LogP contribution is 2.18. The summed E-state index contributed by atoms with van der Waals surface area (Å²) in [6.45, 7) is 10.3. The first-order valence-corrected chi connectivity index (χ1v) is 9.94. The van der Waals surface area contributed by atoms with Gasteiger partial charge in [-0.15, -0.1) is 35.3 Å². The number of rotatable bonds is 6. The molecule has 0 aliphatic carbocycles. The van der Waals surface area contributed by atoms with Crippen molar-refractivity contribution >= 4 is 41.3 Å². The van der Waals surface area contributed by atoms with Gasteiger partial charge in [0.05, 0.1) is 24.5 Å². The molecule has 0 saturated heterocycles. The molecule has 1 aromatic carbocycles. The van der Waals surface area contributed by atoms with Crippen molar-refractivity contribution in [3.63, 3.8) is 0 Å². The smallest absolute Gasteiger partial charge is 0.191 e. The van der Waals surface area contributed by atoms with Crippen LogP contribution in [0.1, 0.15) is 33.8 Å². The van der Waals surface area contributed by atoms with Crippen LogP contribution in [0.3, 0.4) is 0 Å². The van der Waals surface area contributed by atoms with Crippen molar-refractivity contribution in [3.05, 3.63) is 63.4 Å². The van der Waals surface area contributed by atoms with Gasteiger partial charge in [0.1, 0.15) is 5.01 Å². The van der Waals surface area contributed by atoms with E-state index in [4.69, 9.17) is 10.1 Å². The molecule has 0 bridgehead atoms. The summed E-state index contributed by atoms with van der Waals surface area (Å²) in [5.74, 6) is 0.789. The van der Waals surface area contributed by atoms with E-state index in [1.807, 2.05) is 36.0 Å². The van der Waals surface area contributed by atoms with Crippen molar-refractivity contribution in [2.75, 3.05) is 6.54 Å². The van der Waals surface area contributed by atoms with E-state index in [0.717, 1.165) is 40.2 Å². The van der Waals surface area contributed by atoms with Crippen LogP contribution in [0.25, 0.3) is 5.69 Å². The van der Waals surface area contributed by atoms with Crippen molar-refractivity contribution in [1.29, 1.82) is 0 Å². The number of aromatic nitrogens is 3. The van der Waals surface area contributed by atoms with E-state index in [1.54, 1.807) is 11.3 Å². The second kappa shape index (κ2) is 10.6. The number of guanidine groups is 1. The van der Waals surface area contributed by atoms with E-state index in [9.17, 15) is 0 Å². The quantitative estimate of drug-likeness (QED) is 0.298. The SMILES string of the molecule is CCNC(=NCc1c(C)nn(-c2ccccc2)c1C)NCc1ncc(C)s1.I. The Labute approximate surface area is 187 Å². The van der Waals surface area contributed by atoms with Crippen LogP contribution in [-0.2, 0) is 13.1 Å². The fourth-order valence-electron chi connectivity index (χ4n) is 2.87. The second-order valence-electron chi connectivity index (χ2n) is 6.31. The van der Waals surface area contributed by atoms with Crippen LogP contribution in [0.4, 0.5) is 0 Å². The normalized spacial score (nSPS) is 11.2. The van der Waals surface area contributed by atoms with Gasteiger partial charge in [-0.25, -0.2) is 14.7 Å². The molecule has 6 nitrogen and oxygen atoms in total.